The van der Waals surface area contributed by atoms with E-state index in [2.05, 4.69) is 10.6 Å². The fourth-order valence-electron chi connectivity index (χ4n) is 2.93. The molecule has 0 unspecified atom stereocenters. The van der Waals surface area contributed by atoms with Crippen molar-refractivity contribution in [1.82, 2.24) is 10.6 Å². The first kappa shape index (κ1) is 14.1. The Morgan fingerprint density at radius 2 is 1.67 bits per heavy atom. The molecule has 0 aromatic heterocycles. The molecular weight excluding hydrogens is 244 g/mol. The zero-order chi connectivity index (χ0) is 12.6. The lowest BCUT2D eigenvalue weighted by Crippen LogP contribution is -2.42. The Balaban J connectivity index is 1.47. The fourth-order valence-corrected chi connectivity index (χ4v) is 3.20. The summed E-state index contributed by atoms with van der Waals surface area (Å²) in [6, 6.07) is 0.601. The average molecular weight is 270 g/mol. The van der Waals surface area contributed by atoms with Gasteiger partial charge in [0.1, 0.15) is 0 Å². The summed E-state index contributed by atoms with van der Waals surface area (Å²) < 4.78 is 5.85. The van der Waals surface area contributed by atoms with E-state index in [-0.39, 0.29) is 0 Å². The van der Waals surface area contributed by atoms with Crippen molar-refractivity contribution in [1.29, 1.82) is 0 Å². The minimum atomic E-state index is 0.497. The van der Waals surface area contributed by atoms with Gasteiger partial charge in [-0.15, -0.1) is 0 Å². The maximum absolute atomic E-state index is 5.85. The third kappa shape index (κ3) is 5.11. The van der Waals surface area contributed by atoms with Crippen molar-refractivity contribution in [2.75, 3.05) is 13.2 Å². The van der Waals surface area contributed by atoms with Crippen LogP contribution in [-0.2, 0) is 4.74 Å². The topological polar surface area (TPSA) is 33.3 Å². The second-order valence-corrected chi connectivity index (χ2v) is 5.92. The highest BCUT2D eigenvalue weighted by Crippen LogP contribution is 2.20. The smallest absolute Gasteiger partial charge is 0.166 e. The van der Waals surface area contributed by atoms with Crippen molar-refractivity contribution in [3.8, 4) is 0 Å². The van der Waals surface area contributed by atoms with Gasteiger partial charge in [0.25, 0.3) is 0 Å². The number of thiocarbonyl (C=S) groups is 1. The van der Waals surface area contributed by atoms with Crippen LogP contribution in [0.2, 0.25) is 0 Å². The van der Waals surface area contributed by atoms with Crippen LogP contribution in [0.4, 0.5) is 0 Å². The molecule has 0 amide bonds. The summed E-state index contributed by atoms with van der Waals surface area (Å²) in [6.45, 7) is 1.60. The summed E-state index contributed by atoms with van der Waals surface area (Å²) in [4.78, 5) is 0. The third-order valence-electron chi connectivity index (χ3n) is 3.98. The van der Waals surface area contributed by atoms with Gasteiger partial charge in [0.05, 0.1) is 12.7 Å². The van der Waals surface area contributed by atoms with Crippen LogP contribution in [0.5, 0.6) is 0 Å². The van der Waals surface area contributed by atoms with Crippen molar-refractivity contribution in [3.05, 3.63) is 0 Å². The SMILES string of the molecule is S=C(NCCOC1CCCCC1)NC1CCCC1. The minimum absolute atomic E-state index is 0.497. The van der Waals surface area contributed by atoms with E-state index in [0.717, 1.165) is 18.3 Å². The second kappa shape index (κ2) is 7.95. The standard InChI is InChI=1S/C14H26N2OS/c18-14(16-12-6-4-5-7-12)15-10-11-17-13-8-2-1-3-9-13/h12-13H,1-11H2,(H2,15,16,18). The Bertz CT molecular complexity index is 248. The van der Waals surface area contributed by atoms with E-state index < -0.39 is 0 Å². The molecule has 2 N–H and O–H groups in total. The molecule has 18 heavy (non-hydrogen) atoms. The molecule has 104 valence electrons. The number of rotatable bonds is 5. The quantitative estimate of drug-likeness (QED) is 0.594. The van der Waals surface area contributed by atoms with E-state index in [0.29, 0.717) is 12.1 Å². The molecule has 2 aliphatic carbocycles. The minimum Gasteiger partial charge on any atom is -0.376 e. The number of ether oxygens (including phenoxy) is 1. The Morgan fingerprint density at radius 3 is 2.39 bits per heavy atom. The highest BCUT2D eigenvalue weighted by Gasteiger charge is 2.15. The van der Waals surface area contributed by atoms with E-state index in [1.165, 1.54) is 57.8 Å². The van der Waals surface area contributed by atoms with E-state index >= 15 is 0 Å². The van der Waals surface area contributed by atoms with Crippen LogP contribution >= 0.6 is 12.2 Å². The normalized spacial score (nSPS) is 22.0. The first-order valence-corrected chi connectivity index (χ1v) is 7.91. The summed E-state index contributed by atoms with van der Waals surface area (Å²) in [5.41, 5.74) is 0. The molecular formula is C14H26N2OS. The van der Waals surface area contributed by atoms with Crippen molar-refractivity contribution in [2.45, 2.75) is 69.9 Å². The van der Waals surface area contributed by atoms with Crippen molar-refractivity contribution in [3.63, 3.8) is 0 Å². The summed E-state index contributed by atoms with van der Waals surface area (Å²) in [5, 5.41) is 7.43. The van der Waals surface area contributed by atoms with Crippen LogP contribution in [0.3, 0.4) is 0 Å². The molecule has 0 saturated heterocycles. The van der Waals surface area contributed by atoms with E-state index in [1.807, 2.05) is 0 Å². The largest absolute Gasteiger partial charge is 0.376 e. The average Bonchev–Trinajstić information content (AvgIpc) is 2.89. The van der Waals surface area contributed by atoms with Gasteiger partial charge in [-0.3, -0.25) is 0 Å². The molecule has 3 nitrogen and oxygen atoms in total. The zero-order valence-corrected chi connectivity index (χ0v) is 12.1. The maximum Gasteiger partial charge on any atom is 0.166 e. The Morgan fingerprint density at radius 1 is 1.00 bits per heavy atom. The van der Waals surface area contributed by atoms with Gasteiger partial charge in [-0.25, -0.2) is 0 Å². The van der Waals surface area contributed by atoms with Crippen molar-refractivity contribution in [2.24, 2.45) is 0 Å². The summed E-state index contributed by atoms with van der Waals surface area (Å²) in [5.74, 6) is 0. The molecule has 0 radical (unpaired) electrons. The van der Waals surface area contributed by atoms with Crippen LogP contribution in [0.15, 0.2) is 0 Å². The molecule has 2 aliphatic rings. The van der Waals surface area contributed by atoms with Gasteiger partial charge in [0.2, 0.25) is 0 Å². The molecule has 2 saturated carbocycles. The van der Waals surface area contributed by atoms with Crippen LogP contribution in [0.25, 0.3) is 0 Å². The Kier molecular flexibility index (Phi) is 6.21. The summed E-state index contributed by atoms with van der Waals surface area (Å²) >= 11 is 5.28. The van der Waals surface area contributed by atoms with Crippen molar-refractivity contribution >= 4 is 17.3 Å². The van der Waals surface area contributed by atoms with Gasteiger partial charge in [0.15, 0.2) is 5.11 Å². The van der Waals surface area contributed by atoms with Crippen molar-refractivity contribution < 1.29 is 4.74 Å². The van der Waals surface area contributed by atoms with Gasteiger partial charge in [-0.2, -0.15) is 0 Å². The van der Waals surface area contributed by atoms with E-state index in [1.54, 1.807) is 0 Å². The lowest BCUT2D eigenvalue weighted by Gasteiger charge is -2.22. The predicted octanol–water partition coefficient (Wildman–Crippen LogP) is 2.74. The van der Waals surface area contributed by atoms with Crippen LogP contribution < -0.4 is 10.6 Å². The zero-order valence-electron chi connectivity index (χ0n) is 11.2. The molecule has 0 bridgehead atoms. The number of hydrogen-bond acceptors (Lipinski definition) is 2. The molecule has 0 aromatic rings. The molecule has 4 heteroatoms. The van der Waals surface area contributed by atoms with E-state index in [9.17, 15) is 0 Å². The van der Waals surface area contributed by atoms with Gasteiger partial charge in [-0.05, 0) is 37.9 Å². The maximum atomic E-state index is 5.85. The predicted molar refractivity (Wildman–Crippen MR) is 78.8 cm³/mol. The molecule has 0 spiro atoms. The highest BCUT2D eigenvalue weighted by atomic mass is 32.1. The van der Waals surface area contributed by atoms with Crippen LogP contribution in [0.1, 0.15) is 57.8 Å². The monoisotopic (exact) mass is 270 g/mol. The van der Waals surface area contributed by atoms with Gasteiger partial charge >= 0.3 is 0 Å². The lowest BCUT2D eigenvalue weighted by molar-refractivity contribution is 0.0318. The van der Waals surface area contributed by atoms with Gasteiger partial charge < -0.3 is 15.4 Å². The summed E-state index contributed by atoms with van der Waals surface area (Å²) in [7, 11) is 0. The van der Waals surface area contributed by atoms with Gasteiger partial charge in [0, 0.05) is 12.6 Å². The lowest BCUT2D eigenvalue weighted by atomic mass is 9.98. The fraction of sp³-hybridized carbons (Fsp3) is 0.929. The Labute approximate surface area is 116 Å². The third-order valence-corrected chi connectivity index (χ3v) is 4.25. The number of hydrogen-bond donors (Lipinski definition) is 2. The molecule has 0 aromatic carbocycles. The molecule has 2 fully saturated rings. The first-order chi connectivity index (χ1) is 8.84. The second-order valence-electron chi connectivity index (χ2n) is 5.51. The Hall–Kier alpha value is -0.350. The van der Waals surface area contributed by atoms with Crippen LogP contribution in [-0.4, -0.2) is 30.4 Å². The summed E-state index contributed by atoms with van der Waals surface area (Å²) in [6.07, 6.45) is 12.2. The molecule has 0 atom stereocenters. The highest BCUT2D eigenvalue weighted by molar-refractivity contribution is 7.80. The van der Waals surface area contributed by atoms with Gasteiger partial charge in [-0.1, -0.05) is 32.1 Å². The molecule has 2 rings (SSSR count). The molecule has 0 heterocycles. The molecule has 0 aliphatic heterocycles. The van der Waals surface area contributed by atoms with Crippen LogP contribution in [0, 0.1) is 0 Å². The first-order valence-electron chi connectivity index (χ1n) is 7.50. The number of nitrogens with one attached hydrogen (secondary N) is 2. The van der Waals surface area contributed by atoms with E-state index in [4.69, 9.17) is 17.0 Å².